The average molecular weight is 342 g/mol. The summed E-state index contributed by atoms with van der Waals surface area (Å²) in [5.74, 6) is 0.0300. The lowest BCUT2D eigenvalue weighted by molar-refractivity contribution is 0.499. The Morgan fingerprint density at radius 1 is 0.952 bits per heavy atom. The Bertz CT molecular complexity index is 586. The first-order valence-corrected chi connectivity index (χ1v) is 8.87. The monoisotopic (exact) mass is 341 g/mol. The molecule has 0 bridgehead atoms. The predicted molar refractivity (Wildman–Crippen MR) is 88.7 cm³/mol. The molecule has 0 spiro atoms. The van der Waals surface area contributed by atoms with E-state index in [2.05, 4.69) is 0 Å². The molecule has 0 fully saturated rings. The van der Waals surface area contributed by atoms with Gasteiger partial charge in [-0.15, -0.1) is 0 Å². The third-order valence-corrected chi connectivity index (χ3v) is 4.79. The van der Waals surface area contributed by atoms with E-state index in [9.17, 15) is 4.57 Å². The summed E-state index contributed by atoms with van der Waals surface area (Å²) in [5.41, 5.74) is 2.00. The van der Waals surface area contributed by atoms with Crippen molar-refractivity contribution in [2.24, 2.45) is 0 Å². The first kappa shape index (κ1) is 16.5. The van der Waals surface area contributed by atoms with Gasteiger partial charge in [0, 0.05) is 16.0 Å². The molecule has 0 aliphatic heterocycles. The average Bonchev–Trinajstić information content (AvgIpc) is 2.45. The lowest BCUT2D eigenvalue weighted by Gasteiger charge is -2.19. The van der Waals surface area contributed by atoms with E-state index in [1.165, 1.54) is 0 Å². The van der Waals surface area contributed by atoms with Crippen LogP contribution in [0.15, 0.2) is 48.5 Å². The molecule has 5 heteroatoms. The molecule has 0 heterocycles. The molecule has 0 radical (unpaired) electrons. The molecule has 1 N–H and O–H groups in total. The lowest BCUT2D eigenvalue weighted by Crippen LogP contribution is -2.03. The van der Waals surface area contributed by atoms with Crippen molar-refractivity contribution in [3.63, 3.8) is 0 Å². The van der Waals surface area contributed by atoms with E-state index in [0.29, 0.717) is 22.6 Å². The molecular formula is C16H16Cl2O2P+. The van der Waals surface area contributed by atoms with Crippen LogP contribution < -0.4 is 0 Å². The molecule has 2 aromatic carbocycles. The van der Waals surface area contributed by atoms with E-state index >= 15 is 0 Å². The summed E-state index contributed by atoms with van der Waals surface area (Å²) < 4.78 is 10.9. The summed E-state index contributed by atoms with van der Waals surface area (Å²) in [6.45, 7) is 0. The van der Waals surface area contributed by atoms with Gasteiger partial charge in [0.1, 0.15) is 0 Å². The summed E-state index contributed by atoms with van der Waals surface area (Å²) in [4.78, 5) is 8.97. The van der Waals surface area contributed by atoms with Crippen LogP contribution in [0, 0.1) is 0 Å². The Labute approximate surface area is 135 Å². The van der Waals surface area contributed by atoms with Crippen molar-refractivity contribution in [2.75, 3.05) is 6.16 Å². The van der Waals surface area contributed by atoms with Gasteiger partial charge in [-0.1, -0.05) is 59.6 Å². The van der Waals surface area contributed by atoms with Gasteiger partial charge < -0.3 is 0 Å². The Morgan fingerprint density at radius 2 is 1.43 bits per heavy atom. The highest BCUT2D eigenvalue weighted by atomic mass is 35.5. The maximum absolute atomic E-state index is 10.9. The molecule has 1 atom stereocenters. The highest BCUT2D eigenvalue weighted by Crippen LogP contribution is 2.37. The second-order valence-electron chi connectivity index (χ2n) is 4.81. The molecule has 0 aliphatic carbocycles. The fraction of sp³-hybridized carbons (Fsp3) is 0.250. The molecule has 2 aromatic rings. The van der Waals surface area contributed by atoms with Crippen molar-refractivity contribution < 1.29 is 9.46 Å². The number of halogens is 2. The Balaban J connectivity index is 2.33. The highest BCUT2D eigenvalue weighted by Gasteiger charge is 2.21. The second-order valence-corrected chi connectivity index (χ2v) is 6.78. The minimum absolute atomic E-state index is 0.0300. The molecule has 0 aromatic heterocycles. The first-order valence-electron chi connectivity index (χ1n) is 6.72. The molecule has 0 saturated heterocycles. The molecule has 21 heavy (non-hydrogen) atoms. The van der Waals surface area contributed by atoms with Crippen molar-refractivity contribution in [3.8, 4) is 0 Å². The number of benzene rings is 2. The van der Waals surface area contributed by atoms with E-state index in [-0.39, 0.29) is 5.92 Å². The fourth-order valence-electron chi connectivity index (χ4n) is 2.42. The zero-order valence-electron chi connectivity index (χ0n) is 11.4. The summed E-state index contributed by atoms with van der Waals surface area (Å²) in [7, 11) is -2.10. The third kappa shape index (κ3) is 4.52. The Hall–Kier alpha value is -0.920. The van der Waals surface area contributed by atoms with E-state index in [4.69, 9.17) is 28.1 Å². The van der Waals surface area contributed by atoms with E-state index in [0.717, 1.165) is 17.5 Å². The summed E-state index contributed by atoms with van der Waals surface area (Å²) in [5, 5.41) is 1.38. The van der Waals surface area contributed by atoms with Gasteiger partial charge in [-0.3, -0.25) is 0 Å². The van der Waals surface area contributed by atoms with Crippen molar-refractivity contribution in [1.82, 2.24) is 0 Å². The molecule has 1 unspecified atom stereocenters. The van der Waals surface area contributed by atoms with E-state index < -0.39 is 8.03 Å². The SMILES string of the molecule is O=[P+](O)CCCC(c1ccccc1Cl)c1ccccc1Cl. The van der Waals surface area contributed by atoms with Gasteiger partial charge in [0.15, 0.2) is 6.16 Å². The maximum atomic E-state index is 10.9. The van der Waals surface area contributed by atoms with Crippen LogP contribution in [-0.4, -0.2) is 11.1 Å². The summed E-state index contributed by atoms with van der Waals surface area (Å²) >= 11 is 12.6. The summed E-state index contributed by atoms with van der Waals surface area (Å²) in [6.07, 6.45) is 1.67. The molecule has 110 valence electrons. The van der Waals surface area contributed by atoms with Gasteiger partial charge in [0.2, 0.25) is 0 Å². The van der Waals surface area contributed by atoms with Gasteiger partial charge in [0.05, 0.1) is 0 Å². The van der Waals surface area contributed by atoms with E-state index in [1.807, 2.05) is 48.5 Å². The molecular weight excluding hydrogens is 326 g/mol. The quantitative estimate of drug-likeness (QED) is 0.690. The van der Waals surface area contributed by atoms with Crippen molar-refractivity contribution in [3.05, 3.63) is 69.7 Å². The van der Waals surface area contributed by atoms with Gasteiger partial charge in [-0.25, -0.2) is 0 Å². The molecule has 0 aliphatic rings. The Kier molecular flexibility index (Phi) is 6.20. The van der Waals surface area contributed by atoms with Gasteiger partial charge >= 0.3 is 8.03 Å². The summed E-state index contributed by atoms with van der Waals surface area (Å²) in [6, 6.07) is 15.3. The van der Waals surface area contributed by atoms with E-state index in [1.54, 1.807) is 0 Å². The molecule has 2 nitrogen and oxygen atoms in total. The second kappa shape index (κ2) is 7.91. The van der Waals surface area contributed by atoms with Crippen LogP contribution in [0.3, 0.4) is 0 Å². The molecule has 2 rings (SSSR count). The zero-order chi connectivity index (χ0) is 15.2. The normalized spacial score (nSPS) is 11.7. The van der Waals surface area contributed by atoms with Gasteiger partial charge in [-0.2, -0.15) is 4.89 Å². The van der Waals surface area contributed by atoms with Crippen LogP contribution in [0.1, 0.15) is 29.9 Å². The fourth-order valence-corrected chi connectivity index (χ4v) is 3.41. The third-order valence-electron chi connectivity index (χ3n) is 3.40. The highest BCUT2D eigenvalue weighted by molar-refractivity contribution is 7.37. The Morgan fingerprint density at radius 3 is 1.86 bits per heavy atom. The van der Waals surface area contributed by atoms with Crippen LogP contribution in [-0.2, 0) is 4.57 Å². The van der Waals surface area contributed by atoms with Crippen molar-refractivity contribution >= 4 is 31.2 Å². The van der Waals surface area contributed by atoms with Gasteiger partial charge in [0.25, 0.3) is 0 Å². The predicted octanol–water partition coefficient (Wildman–Crippen LogP) is 5.64. The number of hydrogen-bond acceptors (Lipinski definition) is 1. The minimum atomic E-state index is -2.10. The number of rotatable bonds is 6. The molecule has 0 saturated carbocycles. The largest absolute Gasteiger partial charge is 0.505 e. The van der Waals surface area contributed by atoms with Crippen LogP contribution in [0.25, 0.3) is 0 Å². The van der Waals surface area contributed by atoms with Gasteiger partial charge in [-0.05, 0) is 40.7 Å². The van der Waals surface area contributed by atoms with Crippen LogP contribution >= 0.6 is 31.2 Å². The minimum Gasteiger partial charge on any atom is -0.161 e. The van der Waals surface area contributed by atoms with Crippen molar-refractivity contribution in [2.45, 2.75) is 18.8 Å². The number of hydrogen-bond donors (Lipinski definition) is 1. The first-order chi connectivity index (χ1) is 10.1. The van der Waals surface area contributed by atoms with Crippen LogP contribution in [0.5, 0.6) is 0 Å². The molecule has 0 amide bonds. The zero-order valence-corrected chi connectivity index (χ0v) is 13.8. The van der Waals surface area contributed by atoms with Crippen LogP contribution in [0.4, 0.5) is 0 Å². The topological polar surface area (TPSA) is 37.3 Å². The lowest BCUT2D eigenvalue weighted by atomic mass is 9.87. The smallest absolute Gasteiger partial charge is 0.161 e. The standard InChI is InChI=1S/C16H15Cl2O2P/c17-15-9-3-1-6-13(15)12(8-5-11-21(19)20)14-7-2-4-10-16(14)18/h1-4,6-7,9-10,12H,5,8,11H2/p+1. The van der Waals surface area contributed by atoms with Crippen molar-refractivity contribution in [1.29, 1.82) is 0 Å². The van der Waals surface area contributed by atoms with Crippen LogP contribution in [0.2, 0.25) is 10.0 Å². The maximum Gasteiger partial charge on any atom is 0.505 e.